The lowest BCUT2D eigenvalue weighted by atomic mass is 9.97. The number of rotatable bonds is 5. The van der Waals surface area contributed by atoms with Gasteiger partial charge in [-0.15, -0.1) is 0 Å². The van der Waals surface area contributed by atoms with E-state index in [0.717, 1.165) is 30.3 Å². The van der Waals surface area contributed by atoms with Crippen molar-refractivity contribution in [2.45, 2.75) is 26.3 Å². The second kappa shape index (κ2) is 7.70. The van der Waals surface area contributed by atoms with Crippen LogP contribution in [0.25, 0.3) is 11.0 Å². The number of carbonyl (C=O) groups excluding carboxylic acids is 1. The first-order valence-electron chi connectivity index (χ1n) is 8.60. The van der Waals surface area contributed by atoms with E-state index in [9.17, 15) is 9.59 Å². The maximum Gasteiger partial charge on any atom is 0.336 e. The van der Waals surface area contributed by atoms with E-state index in [1.54, 1.807) is 13.2 Å². The molecular weight excluding hydrogens is 322 g/mol. The molecule has 3 rings (SSSR count). The minimum atomic E-state index is -0.380. The van der Waals surface area contributed by atoms with Crippen molar-refractivity contribution in [3.05, 3.63) is 40.2 Å². The topological polar surface area (TPSA) is 69.0 Å². The van der Waals surface area contributed by atoms with E-state index >= 15 is 0 Å². The number of likely N-dealkylation sites (tertiary alicyclic amines) is 1. The van der Waals surface area contributed by atoms with E-state index in [4.69, 9.17) is 13.9 Å². The van der Waals surface area contributed by atoms with E-state index in [-0.39, 0.29) is 17.5 Å². The Morgan fingerprint density at radius 3 is 2.96 bits per heavy atom. The third-order valence-corrected chi connectivity index (χ3v) is 4.56. The smallest absolute Gasteiger partial charge is 0.336 e. The second-order valence-corrected chi connectivity index (χ2v) is 6.28. The van der Waals surface area contributed by atoms with Gasteiger partial charge in [0.2, 0.25) is 0 Å². The molecule has 6 heteroatoms. The Bertz CT molecular complexity index is 813. The van der Waals surface area contributed by atoms with Crippen molar-refractivity contribution in [2.24, 2.45) is 5.92 Å². The fourth-order valence-electron chi connectivity index (χ4n) is 3.36. The number of methoxy groups -OCH3 is 1. The average molecular weight is 345 g/mol. The number of carbonyl (C=O) groups is 1. The van der Waals surface area contributed by atoms with Crippen LogP contribution in [0.3, 0.4) is 0 Å². The van der Waals surface area contributed by atoms with Crippen LogP contribution in [0.5, 0.6) is 5.75 Å². The first-order chi connectivity index (χ1) is 12.1. The van der Waals surface area contributed by atoms with E-state index in [0.29, 0.717) is 31.0 Å². The predicted octanol–water partition coefficient (Wildman–Crippen LogP) is 2.58. The largest absolute Gasteiger partial charge is 0.497 e. The summed E-state index contributed by atoms with van der Waals surface area (Å²) in [5.41, 5.74) is 1.04. The van der Waals surface area contributed by atoms with Gasteiger partial charge in [-0.25, -0.2) is 4.79 Å². The molecule has 0 aliphatic carbocycles. The third kappa shape index (κ3) is 4.02. The van der Waals surface area contributed by atoms with Gasteiger partial charge in [-0.1, -0.05) is 0 Å². The molecule has 1 atom stereocenters. The molecule has 0 bridgehead atoms. The van der Waals surface area contributed by atoms with Crippen LogP contribution in [0.1, 0.15) is 25.3 Å². The molecule has 1 saturated heterocycles. The molecule has 0 unspecified atom stereocenters. The molecule has 1 aliphatic rings. The molecule has 1 fully saturated rings. The summed E-state index contributed by atoms with van der Waals surface area (Å²) in [4.78, 5) is 26.1. The van der Waals surface area contributed by atoms with E-state index in [1.165, 1.54) is 6.07 Å². The predicted molar refractivity (Wildman–Crippen MR) is 93.7 cm³/mol. The van der Waals surface area contributed by atoms with Crippen LogP contribution in [0, 0.1) is 5.92 Å². The summed E-state index contributed by atoms with van der Waals surface area (Å²) in [7, 11) is 1.58. The number of piperidine rings is 1. The molecule has 25 heavy (non-hydrogen) atoms. The van der Waals surface area contributed by atoms with Gasteiger partial charge in [0.25, 0.3) is 0 Å². The van der Waals surface area contributed by atoms with Crippen molar-refractivity contribution in [1.82, 2.24) is 4.90 Å². The van der Waals surface area contributed by atoms with Gasteiger partial charge in [-0.2, -0.15) is 0 Å². The maximum atomic E-state index is 12.0. The highest BCUT2D eigenvalue weighted by Crippen LogP contribution is 2.25. The third-order valence-electron chi connectivity index (χ3n) is 4.56. The number of hydrogen-bond acceptors (Lipinski definition) is 6. The summed E-state index contributed by atoms with van der Waals surface area (Å²) < 4.78 is 15.6. The molecule has 6 nitrogen and oxygen atoms in total. The fourth-order valence-corrected chi connectivity index (χ4v) is 3.36. The second-order valence-electron chi connectivity index (χ2n) is 6.28. The van der Waals surface area contributed by atoms with Gasteiger partial charge < -0.3 is 13.9 Å². The molecule has 1 aromatic carbocycles. The molecular formula is C19H23NO5. The Hall–Kier alpha value is -2.34. The molecule has 0 radical (unpaired) electrons. The number of hydrogen-bond donors (Lipinski definition) is 0. The lowest BCUT2D eigenvalue weighted by Crippen LogP contribution is -2.39. The minimum Gasteiger partial charge on any atom is -0.497 e. The molecule has 0 N–H and O–H groups in total. The van der Waals surface area contributed by atoms with Crippen molar-refractivity contribution >= 4 is 16.9 Å². The van der Waals surface area contributed by atoms with E-state index in [2.05, 4.69) is 4.90 Å². The van der Waals surface area contributed by atoms with Gasteiger partial charge in [0.05, 0.1) is 19.6 Å². The van der Waals surface area contributed by atoms with Crippen LogP contribution in [-0.4, -0.2) is 37.7 Å². The number of benzene rings is 1. The SMILES string of the molecule is CCOC(=O)[C@@H]1CCCN(Cc2cc(=O)oc3cc(OC)ccc23)C1. The Morgan fingerprint density at radius 2 is 2.20 bits per heavy atom. The Morgan fingerprint density at radius 1 is 1.36 bits per heavy atom. The monoisotopic (exact) mass is 345 g/mol. The molecule has 134 valence electrons. The Kier molecular flexibility index (Phi) is 5.38. The number of esters is 1. The molecule has 2 heterocycles. The van der Waals surface area contributed by atoms with Crippen LogP contribution in [0.15, 0.2) is 33.5 Å². The van der Waals surface area contributed by atoms with Crippen molar-refractivity contribution < 1.29 is 18.7 Å². The van der Waals surface area contributed by atoms with E-state index < -0.39 is 0 Å². The molecule has 0 amide bonds. The van der Waals surface area contributed by atoms with Crippen LogP contribution in [0.2, 0.25) is 0 Å². The quantitative estimate of drug-likeness (QED) is 0.613. The average Bonchev–Trinajstić information content (AvgIpc) is 2.61. The zero-order valence-electron chi connectivity index (χ0n) is 14.6. The lowest BCUT2D eigenvalue weighted by molar-refractivity contribution is -0.150. The standard InChI is InChI=1S/C19H23NO5/c1-3-24-19(22)13-5-4-8-20(11-13)12-14-9-18(21)25-17-10-15(23-2)6-7-16(14)17/h6-7,9-10,13H,3-5,8,11-12H2,1-2H3/t13-/m1/s1. The summed E-state index contributed by atoms with van der Waals surface area (Å²) in [5.74, 6) is 0.419. The first-order valence-corrected chi connectivity index (χ1v) is 8.60. The van der Waals surface area contributed by atoms with Crippen LogP contribution in [0.4, 0.5) is 0 Å². The number of nitrogens with zero attached hydrogens (tertiary/aromatic N) is 1. The molecule has 0 saturated carbocycles. The summed E-state index contributed by atoms with van der Waals surface area (Å²) in [6.45, 7) is 4.37. The minimum absolute atomic E-state index is 0.0971. The molecule has 1 aromatic heterocycles. The van der Waals surface area contributed by atoms with Crippen LogP contribution in [-0.2, 0) is 16.1 Å². The zero-order chi connectivity index (χ0) is 17.8. The van der Waals surface area contributed by atoms with Crippen LogP contribution < -0.4 is 10.4 Å². The van der Waals surface area contributed by atoms with Gasteiger partial charge in [0, 0.05) is 30.6 Å². The van der Waals surface area contributed by atoms with Crippen LogP contribution >= 0.6 is 0 Å². The first kappa shape index (κ1) is 17.5. The van der Waals surface area contributed by atoms with Crippen molar-refractivity contribution in [2.75, 3.05) is 26.8 Å². The van der Waals surface area contributed by atoms with Gasteiger partial charge >= 0.3 is 11.6 Å². The number of fused-ring (bicyclic) bond motifs is 1. The number of ether oxygens (including phenoxy) is 2. The highest BCUT2D eigenvalue weighted by atomic mass is 16.5. The van der Waals surface area contributed by atoms with Crippen molar-refractivity contribution in [1.29, 1.82) is 0 Å². The molecule has 2 aromatic rings. The summed E-state index contributed by atoms with van der Waals surface area (Å²) in [5, 5.41) is 0.888. The Balaban J connectivity index is 1.82. The van der Waals surface area contributed by atoms with Crippen molar-refractivity contribution in [3.63, 3.8) is 0 Å². The van der Waals surface area contributed by atoms with Gasteiger partial charge in [-0.3, -0.25) is 9.69 Å². The highest BCUT2D eigenvalue weighted by molar-refractivity contribution is 5.81. The van der Waals surface area contributed by atoms with Gasteiger partial charge in [-0.05, 0) is 44.0 Å². The lowest BCUT2D eigenvalue weighted by Gasteiger charge is -2.31. The van der Waals surface area contributed by atoms with Crippen molar-refractivity contribution in [3.8, 4) is 5.75 Å². The summed E-state index contributed by atoms with van der Waals surface area (Å²) in [6, 6.07) is 7.00. The maximum absolute atomic E-state index is 12.0. The van der Waals surface area contributed by atoms with Gasteiger partial charge in [0.15, 0.2) is 0 Å². The highest BCUT2D eigenvalue weighted by Gasteiger charge is 2.27. The summed E-state index contributed by atoms with van der Waals surface area (Å²) in [6.07, 6.45) is 1.79. The fraction of sp³-hybridized carbons (Fsp3) is 0.474. The summed E-state index contributed by atoms with van der Waals surface area (Å²) >= 11 is 0. The molecule has 1 aliphatic heterocycles. The normalized spacial score (nSPS) is 18.2. The zero-order valence-corrected chi connectivity index (χ0v) is 14.6. The van der Waals surface area contributed by atoms with Gasteiger partial charge in [0.1, 0.15) is 11.3 Å². The molecule has 0 spiro atoms. The van der Waals surface area contributed by atoms with E-state index in [1.807, 2.05) is 19.1 Å². The Labute approximate surface area is 146 Å².